The quantitative estimate of drug-likeness (QED) is 0.728. The Labute approximate surface area is 164 Å². The molecule has 2 aromatic heterocycles. The molecule has 4 rings (SSSR count). The van der Waals surface area contributed by atoms with E-state index in [9.17, 15) is 4.79 Å². The van der Waals surface area contributed by atoms with E-state index in [1.165, 1.54) is 6.33 Å². The van der Waals surface area contributed by atoms with Crippen LogP contribution in [0.2, 0.25) is 0 Å². The minimum Gasteiger partial charge on any atom is -0.321 e. The molecule has 3 aromatic rings. The van der Waals surface area contributed by atoms with Gasteiger partial charge in [0.2, 0.25) is 0 Å². The van der Waals surface area contributed by atoms with Gasteiger partial charge >= 0.3 is 0 Å². The highest BCUT2D eigenvalue weighted by molar-refractivity contribution is 6.04. The lowest BCUT2D eigenvalue weighted by Gasteiger charge is -2.33. The van der Waals surface area contributed by atoms with Gasteiger partial charge in [-0.1, -0.05) is 32.9 Å². The molecule has 146 valence electrons. The van der Waals surface area contributed by atoms with E-state index in [2.05, 4.69) is 46.4 Å². The number of H-pyrrole nitrogens is 1. The Balaban J connectivity index is 1.50. The smallest absolute Gasteiger partial charge is 0.276 e. The average molecular weight is 378 g/mol. The standard InChI is InChI=1S/C21H26N6O/c1-21(2,3)15-7-8-18-17(10-15)19(26-25-18)20(28)24-16-6-4-5-14(9-16)11-27-13-22-12-23-27/h4-6,9,12-13,15H,7-8,10-11H2,1-3H3,(H,24,28)(H,25,26)/t15-/m1/s1. The van der Waals surface area contributed by atoms with E-state index in [0.29, 0.717) is 18.2 Å². The molecule has 1 atom stereocenters. The number of amides is 1. The predicted molar refractivity (Wildman–Crippen MR) is 107 cm³/mol. The summed E-state index contributed by atoms with van der Waals surface area (Å²) in [5.41, 5.74) is 4.71. The van der Waals surface area contributed by atoms with Crippen molar-refractivity contribution >= 4 is 11.6 Å². The number of aryl methyl sites for hydroxylation is 1. The van der Waals surface area contributed by atoms with Gasteiger partial charge in [0.05, 0.1) is 6.54 Å². The zero-order valence-electron chi connectivity index (χ0n) is 16.6. The Morgan fingerprint density at radius 1 is 1.36 bits per heavy atom. The number of hydrogen-bond acceptors (Lipinski definition) is 4. The fourth-order valence-corrected chi connectivity index (χ4v) is 3.86. The molecule has 1 aromatic carbocycles. The Morgan fingerprint density at radius 2 is 2.21 bits per heavy atom. The zero-order valence-corrected chi connectivity index (χ0v) is 16.6. The van der Waals surface area contributed by atoms with Gasteiger partial charge in [-0.05, 0) is 48.3 Å². The molecule has 1 aliphatic carbocycles. The second kappa shape index (κ2) is 7.22. The molecule has 0 saturated carbocycles. The van der Waals surface area contributed by atoms with E-state index in [0.717, 1.165) is 41.8 Å². The lowest BCUT2D eigenvalue weighted by molar-refractivity contribution is 0.102. The highest BCUT2D eigenvalue weighted by Crippen LogP contribution is 2.37. The highest BCUT2D eigenvalue weighted by Gasteiger charge is 2.32. The van der Waals surface area contributed by atoms with Gasteiger partial charge in [-0.15, -0.1) is 0 Å². The summed E-state index contributed by atoms with van der Waals surface area (Å²) in [5, 5.41) is 14.5. The average Bonchev–Trinajstić information content (AvgIpc) is 3.30. The van der Waals surface area contributed by atoms with Gasteiger partial charge in [-0.2, -0.15) is 10.2 Å². The molecule has 0 aliphatic heterocycles. The van der Waals surface area contributed by atoms with Crippen LogP contribution in [0.1, 0.15) is 54.5 Å². The minimum absolute atomic E-state index is 0.162. The summed E-state index contributed by atoms with van der Waals surface area (Å²) < 4.78 is 1.75. The normalized spacial score (nSPS) is 16.6. The van der Waals surface area contributed by atoms with Crippen LogP contribution in [0.25, 0.3) is 0 Å². The van der Waals surface area contributed by atoms with Gasteiger partial charge in [0.1, 0.15) is 12.7 Å². The first-order chi connectivity index (χ1) is 13.4. The minimum atomic E-state index is -0.162. The molecule has 0 fully saturated rings. The number of carbonyl (C=O) groups is 1. The van der Waals surface area contributed by atoms with Gasteiger partial charge in [0, 0.05) is 16.9 Å². The first kappa shape index (κ1) is 18.4. The van der Waals surface area contributed by atoms with Crippen molar-refractivity contribution in [3.8, 4) is 0 Å². The Bertz CT molecular complexity index is 967. The molecule has 2 N–H and O–H groups in total. The summed E-state index contributed by atoms with van der Waals surface area (Å²) in [6.07, 6.45) is 6.16. The molecule has 0 radical (unpaired) electrons. The van der Waals surface area contributed by atoms with Gasteiger partial charge in [0.25, 0.3) is 5.91 Å². The number of anilines is 1. The number of rotatable bonds is 4. The van der Waals surface area contributed by atoms with E-state index in [4.69, 9.17) is 0 Å². The van der Waals surface area contributed by atoms with Crippen molar-refractivity contribution < 1.29 is 4.79 Å². The third-order valence-corrected chi connectivity index (χ3v) is 5.58. The molecule has 7 heteroatoms. The van der Waals surface area contributed by atoms with Gasteiger partial charge in [-0.25, -0.2) is 9.67 Å². The lowest BCUT2D eigenvalue weighted by atomic mass is 9.71. The van der Waals surface area contributed by atoms with Gasteiger partial charge < -0.3 is 5.32 Å². The molecule has 2 heterocycles. The maximum Gasteiger partial charge on any atom is 0.276 e. The van der Waals surface area contributed by atoms with Crippen LogP contribution >= 0.6 is 0 Å². The van der Waals surface area contributed by atoms with E-state index >= 15 is 0 Å². The van der Waals surface area contributed by atoms with E-state index in [1.807, 2.05) is 24.3 Å². The number of nitrogens with one attached hydrogen (secondary N) is 2. The molecule has 28 heavy (non-hydrogen) atoms. The van der Waals surface area contributed by atoms with E-state index in [-0.39, 0.29) is 11.3 Å². The molecule has 0 spiro atoms. The molecule has 7 nitrogen and oxygen atoms in total. The fraction of sp³-hybridized carbons (Fsp3) is 0.429. The maximum absolute atomic E-state index is 12.9. The predicted octanol–water partition coefficient (Wildman–Crippen LogP) is 3.45. The van der Waals surface area contributed by atoms with Crippen LogP contribution in [-0.2, 0) is 19.4 Å². The molecule has 0 saturated heterocycles. The third-order valence-electron chi connectivity index (χ3n) is 5.58. The van der Waals surface area contributed by atoms with Crippen LogP contribution in [0.3, 0.4) is 0 Å². The van der Waals surface area contributed by atoms with Gasteiger partial charge in [-0.3, -0.25) is 9.89 Å². The Kier molecular flexibility index (Phi) is 4.75. The summed E-state index contributed by atoms with van der Waals surface area (Å²) in [5.74, 6) is 0.389. The topological polar surface area (TPSA) is 88.5 Å². The summed E-state index contributed by atoms with van der Waals surface area (Å²) in [6, 6.07) is 7.77. The monoisotopic (exact) mass is 378 g/mol. The van der Waals surface area contributed by atoms with E-state index in [1.54, 1.807) is 11.0 Å². The van der Waals surface area contributed by atoms with Crippen LogP contribution in [-0.4, -0.2) is 30.9 Å². The summed E-state index contributed by atoms with van der Waals surface area (Å²) in [4.78, 5) is 16.9. The number of nitrogens with zero attached hydrogens (tertiary/aromatic N) is 4. The number of hydrogen-bond donors (Lipinski definition) is 2. The first-order valence-corrected chi connectivity index (χ1v) is 9.69. The lowest BCUT2D eigenvalue weighted by Crippen LogP contribution is -2.28. The molecule has 0 unspecified atom stereocenters. The molecular weight excluding hydrogens is 352 g/mol. The Morgan fingerprint density at radius 3 is 2.96 bits per heavy atom. The van der Waals surface area contributed by atoms with Crippen molar-refractivity contribution in [2.24, 2.45) is 11.3 Å². The zero-order chi connectivity index (χ0) is 19.7. The second-order valence-electron chi connectivity index (χ2n) is 8.58. The summed E-state index contributed by atoms with van der Waals surface area (Å²) >= 11 is 0. The van der Waals surface area contributed by atoms with E-state index < -0.39 is 0 Å². The van der Waals surface area contributed by atoms with Gasteiger partial charge in [0.15, 0.2) is 5.69 Å². The van der Waals surface area contributed by atoms with Crippen LogP contribution < -0.4 is 5.32 Å². The van der Waals surface area contributed by atoms with Crippen molar-refractivity contribution in [3.05, 3.63) is 59.4 Å². The van der Waals surface area contributed by atoms with Crippen LogP contribution in [0.15, 0.2) is 36.9 Å². The van der Waals surface area contributed by atoms with Crippen molar-refractivity contribution in [1.82, 2.24) is 25.0 Å². The largest absolute Gasteiger partial charge is 0.321 e. The van der Waals surface area contributed by atoms with Crippen LogP contribution in [0.5, 0.6) is 0 Å². The number of benzene rings is 1. The number of carbonyl (C=O) groups excluding carboxylic acids is 1. The van der Waals surface area contributed by atoms with Crippen LogP contribution in [0.4, 0.5) is 5.69 Å². The highest BCUT2D eigenvalue weighted by atomic mass is 16.1. The second-order valence-corrected chi connectivity index (χ2v) is 8.58. The molecule has 1 aliphatic rings. The Hall–Kier alpha value is -2.96. The summed E-state index contributed by atoms with van der Waals surface area (Å²) in [7, 11) is 0. The van der Waals surface area contributed by atoms with Crippen molar-refractivity contribution in [1.29, 1.82) is 0 Å². The fourth-order valence-electron chi connectivity index (χ4n) is 3.86. The molecule has 1 amide bonds. The van der Waals surface area contributed by atoms with Crippen molar-refractivity contribution in [2.75, 3.05) is 5.32 Å². The number of aromatic amines is 1. The molecule has 0 bridgehead atoms. The number of aromatic nitrogens is 5. The molecular formula is C21H26N6O. The van der Waals surface area contributed by atoms with Crippen LogP contribution in [0, 0.1) is 11.3 Å². The van der Waals surface area contributed by atoms with Crippen molar-refractivity contribution in [3.63, 3.8) is 0 Å². The number of fused-ring (bicyclic) bond motifs is 1. The summed E-state index contributed by atoms with van der Waals surface area (Å²) in [6.45, 7) is 7.41. The van der Waals surface area contributed by atoms with Crippen molar-refractivity contribution in [2.45, 2.75) is 46.6 Å². The maximum atomic E-state index is 12.9. The first-order valence-electron chi connectivity index (χ1n) is 9.69. The SMILES string of the molecule is CC(C)(C)[C@@H]1CCc2[nH]nc(C(=O)Nc3cccc(Cn4cncn4)c3)c2C1. The third kappa shape index (κ3) is 3.83.